The predicted octanol–water partition coefficient (Wildman–Crippen LogP) is 17.2. The highest BCUT2D eigenvalue weighted by molar-refractivity contribution is 6.08. The minimum atomic E-state index is 0.878. The molecule has 1 heterocycles. The highest BCUT2D eigenvalue weighted by Gasteiger charge is 2.16. The Kier molecular flexibility index (Phi) is 8.53. The fourth-order valence-electron chi connectivity index (χ4n) is 9.14. The zero-order valence-electron chi connectivity index (χ0n) is 33.9. The van der Waals surface area contributed by atoms with Gasteiger partial charge >= 0.3 is 0 Å². The highest BCUT2D eigenvalue weighted by Crippen LogP contribution is 2.40. The van der Waals surface area contributed by atoms with Crippen LogP contribution in [-0.2, 0) is 0 Å². The van der Waals surface area contributed by atoms with E-state index in [1.54, 1.807) is 0 Å². The molecule has 0 aliphatic rings. The fraction of sp³-hybridized carbons (Fsp3) is 0. The number of hydrogen-bond acceptors (Lipinski definition) is 2. The molecule has 0 N–H and O–H groups in total. The maximum Gasteiger partial charge on any atom is 0.135 e. The molecule has 0 fully saturated rings. The van der Waals surface area contributed by atoms with Crippen LogP contribution in [0.3, 0.4) is 0 Å². The van der Waals surface area contributed by atoms with E-state index >= 15 is 0 Å². The quantitative estimate of drug-likeness (QED) is 0.150. The molecule has 1 aromatic heterocycles. The molecule has 12 rings (SSSR count). The molecule has 11 aromatic carbocycles. The zero-order valence-corrected chi connectivity index (χ0v) is 33.9. The Labute approximate surface area is 360 Å². The second-order valence-corrected chi connectivity index (χ2v) is 16.2. The molecule has 2 heteroatoms. The first kappa shape index (κ1) is 35.7. The first-order valence-corrected chi connectivity index (χ1v) is 21.2. The average Bonchev–Trinajstić information content (AvgIpc) is 3.79. The van der Waals surface area contributed by atoms with Crippen LogP contribution in [0.25, 0.3) is 98.8 Å². The predicted molar refractivity (Wildman–Crippen MR) is 263 cm³/mol. The van der Waals surface area contributed by atoms with Crippen LogP contribution in [0.15, 0.2) is 241 Å². The van der Waals surface area contributed by atoms with Gasteiger partial charge in [0.2, 0.25) is 0 Å². The topological polar surface area (TPSA) is 16.4 Å². The van der Waals surface area contributed by atoms with E-state index in [9.17, 15) is 0 Å². The van der Waals surface area contributed by atoms with E-state index in [0.717, 1.165) is 44.9 Å². The molecule has 62 heavy (non-hydrogen) atoms. The molecule has 290 valence electrons. The van der Waals surface area contributed by atoms with Crippen LogP contribution >= 0.6 is 0 Å². The second-order valence-electron chi connectivity index (χ2n) is 16.2. The summed E-state index contributed by atoms with van der Waals surface area (Å²) in [5, 5.41) is 11.0. The standard InChI is InChI=1S/C60H39NO/c1-2-10-44-34-46(18-16-40(44)8-1)41-22-28-54(29-23-41)61(55-30-24-42(25-31-55)47-27-33-58-51(36-47)21-17-43-9-3-5-14-57(43)58)56-32-26-49-35-48(19-20-50(49)38-56)45-12-7-13-52(37-45)60-39-53-11-4-6-15-59(53)62-60/h1-39H. The molecule has 0 aliphatic carbocycles. The van der Waals surface area contributed by atoms with Crippen molar-refractivity contribution in [3.63, 3.8) is 0 Å². The van der Waals surface area contributed by atoms with Crippen molar-refractivity contribution in [3.05, 3.63) is 237 Å². The van der Waals surface area contributed by atoms with E-state index in [2.05, 4.69) is 223 Å². The second kappa shape index (κ2) is 14.8. The van der Waals surface area contributed by atoms with Crippen molar-refractivity contribution in [1.82, 2.24) is 0 Å². The molecule has 2 nitrogen and oxygen atoms in total. The third kappa shape index (κ3) is 6.46. The Morgan fingerprint density at radius 1 is 0.242 bits per heavy atom. The molecule has 0 aliphatic heterocycles. The molecule has 0 spiro atoms. The fourth-order valence-corrected chi connectivity index (χ4v) is 9.14. The van der Waals surface area contributed by atoms with Crippen LogP contribution in [0.2, 0.25) is 0 Å². The van der Waals surface area contributed by atoms with Crippen LogP contribution < -0.4 is 4.90 Å². The van der Waals surface area contributed by atoms with E-state index in [1.807, 2.05) is 18.2 Å². The third-order valence-corrected chi connectivity index (χ3v) is 12.4. The normalized spacial score (nSPS) is 11.5. The number of anilines is 3. The summed E-state index contributed by atoms with van der Waals surface area (Å²) < 4.78 is 6.22. The van der Waals surface area contributed by atoms with Gasteiger partial charge in [0.15, 0.2) is 0 Å². The van der Waals surface area contributed by atoms with Gasteiger partial charge in [0.05, 0.1) is 0 Å². The first-order valence-electron chi connectivity index (χ1n) is 21.2. The Balaban J connectivity index is 0.903. The van der Waals surface area contributed by atoms with Gasteiger partial charge in [0, 0.05) is 28.0 Å². The number of rotatable bonds is 7. The summed E-state index contributed by atoms with van der Waals surface area (Å²) in [5.74, 6) is 0.878. The number of fused-ring (bicyclic) bond motifs is 6. The van der Waals surface area contributed by atoms with Gasteiger partial charge in [0.25, 0.3) is 0 Å². The molecule has 12 aromatic rings. The molecule has 0 bridgehead atoms. The minimum Gasteiger partial charge on any atom is -0.456 e. The van der Waals surface area contributed by atoms with Gasteiger partial charge < -0.3 is 9.32 Å². The summed E-state index contributed by atoms with van der Waals surface area (Å²) in [6, 6.07) is 85.6. The summed E-state index contributed by atoms with van der Waals surface area (Å²) >= 11 is 0. The summed E-state index contributed by atoms with van der Waals surface area (Å²) in [4.78, 5) is 2.37. The lowest BCUT2D eigenvalue weighted by molar-refractivity contribution is 0.631. The Morgan fingerprint density at radius 3 is 1.47 bits per heavy atom. The van der Waals surface area contributed by atoms with Gasteiger partial charge in [-0.2, -0.15) is 0 Å². The monoisotopic (exact) mass is 789 g/mol. The van der Waals surface area contributed by atoms with E-state index < -0.39 is 0 Å². The molecule has 0 atom stereocenters. The number of nitrogens with zero attached hydrogens (tertiary/aromatic N) is 1. The average molecular weight is 790 g/mol. The van der Waals surface area contributed by atoms with Crippen molar-refractivity contribution in [1.29, 1.82) is 0 Å². The molecule has 0 saturated carbocycles. The van der Waals surface area contributed by atoms with Crippen molar-refractivity contribution in [2.24, 2.45) is 0 Å². The van der Waals surface area contributed by atoms with Gasteiger partial charge in [0.1, 0.15) is 11.3 Å². The van der Waals surface area contributed by atoms with Gasteiger partial charge in [-0.15, -0.1) is 0 Å². The van der Waals surface area contributed by atoms with Crippen molar-refractivity contribution < 1.29 is 4.42 Å². The third-order valence-electron chi connectivity index (χ3n) is 12.4. The number of benzene rings is 11. The first-order chi connectivity index (χ1) is 30.7. The van der Waals surface area contributed by atoms with Gasteiger partial charge in [-0.05, 0) is 149 Å². The Bertz CT molecular complexity index is 3600. The van der Waals surface area contributed by atoms with E-state index in [1.165, 1.54) is 70.9 Å². The van der Waals surface area contributed by atoms with Crippen LogP contribution in [0, 0.1) is 0 Å². The Hall–Kier alpha value is -8.20. The maximum atomic E-state index is 6.22. The number of hydrogen-bond donors (Lipinski definition) is 0. The van der Waals surface area contributed by atoms with Crippen LogP contribution in [-0.4, -0.2) is 0 Å². The van der Waals surface area contributed by atoms with Crippen molar-refractivity contribution >= 4 is 71.1 Å². The van der Waals surface area contributed by atoms with E-state index in [-0.39, 0.29) is 0 Å². The lowest BCUT2D eigenvalue weighted by Gasteiger charge is -2.26. The zero-order chi connectivity index (χ0) is 41.0. The number of furan rings is 1. The SMILES string of the molecule is c1cc(-c2ccc3cc(N(c4ccc(-c5ccc6ccccc6c5)cc4)c4ccc(-c5ccc6c(ccc7ccccc76)c5)cc4)ccc3c2)cc(-c2cc3ccccc3o2)c1. The van der Waals surface area contributed by atoms with Gasteiger partial charge in [-0.3, -0.25) is 0 Å². The molecular weight excluding hydrogens is 751 g/mol. The molecule has 0 amide bonds. The summed E-state index contributed by atoms with van der Waals surface area (Å²) in [5.41, 5.74) is 12.4. The smallest absolute Gasteiger partial charge is 0.135 e. The van der Waals surface area contributed by atoms with Gasteiger partial charge in [-0.25, -0.2) is 0 Å². The highest BCUT2D eigenvalue weighted by atomic mass is 16.3. The summed E-state index contributed by atoms with van der Waals surface area (Å²) in [6.07, 6.45) is 0. The van der Waals surface area contributed by atoms with Crippen molar-refractivity contribution in [2.75, 3.05) is 4.90 Å². The Morgan fingerprint density at radius 2 is 0.710 bits per heavy atom. The summed E-state index contributed by atoms with van der Waals surface area (Å²) in [6.45, 7) is 0. The molecule has 0 unspecified atom stereocenters. The van der Waals surface area contributed by atoms with Crippen LogP contribution in [0.4, 0.5) is 17.1 Å². The molecule has 0 radical (unpaired) electrons. The largest absolute Gasteiger partial charge is 0.456 e. The van der Waals surface area contributed by atoms with Crippen LogP contribution in [0.5, 0.6) is 0 Å². The molecular formula is C60H39NO. The van der Waals surface area contributed by atoms with Crippen LogP contribution in [0.1, 0.15) is 0 Å². The van der Waals surface area contributed by atoms with Gasteiger partial charge in [-0.1, -0.05) is 164 Å². The van der Waals surface area contributed by atoms with E-state index in [4.69, 9.17) is 4.42 Å². The maximum absolute atomic E-state index is 6.22. The van der Waals surface area contributed by atoms with Crippen molar-refractivity contribution in [2.45, 2.75) is 0 Å². The van der Waals surface area contributed by atoms with Crippen molar-refractivity contribution in [3.8, 4) is 44.7 Å². The molecule has 0 saturated heterocycles. The lowest BCUT2D eigenvalue weighted by atomic mass is 9.97. The number of para-hydroxylation sites is 1. The summed E-state index contributed by atoms with van der Waals surface area (Å²) in [7, 11) is 0. The lowest BCUT2D eigenvalue weighted by Crippen LogP contribution is -2.09. The van der Waals surface area contributed by atoms with E-state index in [0.29, 0.717) is 0 Å². The minimum absolute atomic E-state index is 0.878.